The Bertz CT molecular complexity index is 901. The summed E-state index contributed by atoms with van der Waals surface area (Å²) in [4.78, 5) is 36.6. The lowest BCUT2D eigenvalue weighted by molar-refractivity contribution is -0.137. The highest BCUT2D eigenvalue weighted by Crippen LogP contribution is 2.20. The zero-order valence-corrected chi connectivity index (χ0v) is 18.4. The normalized spacial score (nSPS) is 12.9. The molecule has 3 rings (SSSR count). The van der Waals surface area contributed by atoms with Crippen molar-refractivity contribution in [3.8, 4) is 0 Å². The van der Waals surface area contributed by atoms with Crippen LogP contribution in [-0.4, -0.2) is 59.4 Å². The largest absolute Gasteiger partial charge is 0.481 e. The fourth-order valence-electron chi connectivity index (χ4n) is 3.26. The minimum Gasteiger partial charge on any atom is -0.481 e. The summed E-state index contributed by atoms with van der Waals surface area (Å²) >= 11 is 0. The van der Waals surface area contributed by atoms with Gasteiger partial charge >= 0.3 is 12.1 Å². The molecule has 0 aliphatic carbocycles. The quantitative estimate of drug-likeness (QED) is 0.442. The second-order valence-electron chi connectivity index (χ2n) is 7.37. The molecule has 178 valence electrons. The number of ether oxygens (including phenoxy) is 1. The highest BCUT2D eigenvalue weighted by atomic mass is 16.5. The van der Waals surface area contributed by atoms with Crippen LogP contribution in [0, 0.1) is 0 Å². The first-order chi connectivity index (χ1) is 15.9. The van der Waals surface area contributed by atoms with Gasteiger partial charge in [-0.25, -0.2) is 4.79 Å². The number of nitrogens with zero attached hydrogens (tertiary/aromatic N) is 2. The molecule has 10 heteroatoms. The van der Waals surface area contributed by atoms with E-state index < -0.39 is 12.1 Å². The number of piperazine rings is 1. The smallest absolute Gasteiger partial charge is 0.404 e. The Morgan fingerprint density at radius 1 is 0.970 bits per heavy atom. The predicted molar refractivity (Wildman–Crippen MR) is 123 cm³/mol. The molecule has 0 saturated carbocycles. The first-order valence-corrected chi connectivity index (χ1v) is 10.6. The van der Waals surface area contributed by atoms with Crippen LogP contribution >= 0.6 is 0 Å². The maximum atomic E-state index is 12.0. The van der Waals surface area contributed by atoms with Gasteiger partial charge in [-0.2, -0.15) is 0 Å². The van der Waals surface area contributed by atoms with Crippen LogP contribution in [0.5, 0.6) is 0 Å². The fourth-order valence-corrected chi connectivity index (χ4v) is 3.26. The van der Waals surface area contributed by atoms with Crippen LogP contribution in [0.3, 0.4) is 0 Å². The summed E-state index contributed by atoms with van der Waals surface area (Å²) in [6.07, 6.45) is -0.0320. The Hall–Kier alpha value is -3.79. The summed E-state index contributed by atoms with van der Waals surface area (Å²) in [6, 6.07) is 16.8. The SMILES string of the molecule is NC(=O)OCc1ccccc1.O=C(O)CCCC(=O)N1CCN(c2cccc(NO)c2)CC1. The molecular formula is C23H30N4O6. The Labute approximate surface area is 192 Å². The van der Waals surface area contributed by atoms with Crippen LogP contribution in [-0.2, 0) is 20.9 Å². The number of nitrogens with one attached hydrogen (secondary N) is 1. The number of carbonyl (C=O) groups is 3. The molecule has 33 heavy (non-hydrogen) atoms. The lowest BCUT2D eigenvalue weighted by Crippen LogP contribution is -2.48. The van der Waals surface area contributed by atoms with Gasteiger partial charge in [0.25, 0.3) is 0 Å². The Morgan fingerprint density at radius 3 is 2.27 bits per heavy atom. The molecule has 1 saturated heterocycles. The molecule has 10 nitrogen and oxygen atoms in total. The van der Waals surface area contributed by atoms with Crippen molar-refractivity contribution in [2.45, 2.75) is 25.9 Å². The molecule has 1 heterocycles. The molecule has 0 atom stereocenters. The van der Waals surface area contributed by atoms with Gasteiger partial charge in [0, 0.05) is 44.7 Å². The number of hydrogen-bond donors (Lipinski definition) is 4. The fraction of sp³-hybridized carbons (Fsp3) is 0.348. The van der Waals surface area contributed by atoms with E-state index >= 15 is 0 Å². The lowest BCUT2D eigenvalue weighted by Gasteiger charge is -2.36. The van der Waals surface area contributed by atoms with E-state index in [0.29, 0.717) is 25.2 Å². The van der Waals surface area contributed by atoms with Crippen molar-refractivity contribution in [1.82, 2.24) is 4.90 Å². The van der Waals surface area contributed by atoms with Gasteiger partial charge in [-0.3, -0.25) is 20.3 Å². The maximum Gasteiger partial charge on any atom is 0.404 e. The van der Waals surface area contributed by atoms with Gasteiger partial charge in [0.1, 0.15) is 6.61 Å². The van der Waals surface area contributed by atoms with Crippen molar-refractivity contribution in [2.75, 3.05) is 36.6 Å². The molecule has 5 N–H and O–H groups in total. The van der Waals surface area contributed by atoms with Crippen LogP contribution in [0.25, 0.3) is 0 Å². The average molecular weight is 459 g/mol. The summed E-state index contributed by atoms with van der Waals surface area (Å²) in [5.74, 6) is -0.846. The number of carbonyl (C=O) groups excluding carboxylic acids is 2. The van der Waals surface area contributed by atoms with Gasteiger partial charge < -0.3 is 25.4 Å². The van der Waals surface area contributed by atoms with Crippen molar-refractivity contribution in [1.29, 1.82) is 0 Å². The maximum absolute atomic E-state index is 12.0. The van der Waals surface area contributed by atoms with E-state index in [9.17, 15) is 14.4 Å². The zero-order chi connectivity index (χ0) is 24.1. The third kappa shape index (κ3) is 9.48. The molecular weight excluding hydrogens is 428 g/mol. The first-order valence-electron chi connectivity index (χ1n) is 10.6. The van der Waals surface area contributed by atoms with E-state index in [0.717, 1.165) is 24.3 Å². The van der Waals surface area contributed by atoms with Gasteiger partial charge in [0.15, 0.2) is 0 Å². The third-order valence-corrected chi connectivity index (χ3v) is 4.98. The number of benzene rings is 2. The number of hydrogen-bond acceptors (Lipinski definition) is 7. The van der Waals surface area contributed by atoms with Crippen molar-refractivity contribution >= 4 is 29.3 Å². The van der Waals surface area contributed by atoms with Crippen molar-refractivity contribution in [2.24, 2.45) is 5.73 Å². The topological polar surface area (TPSA) is 145 Å². The summed E-state index contributed by atoms with van der Waals surface area (Å²) < 4.78 is 4.57. The second kappa shape index (κ2) is 13.6. The van der Waals surface area contributed by atoms with Gasteiger partial charge in [-0.1, -0.05) is 36.4 Å². The molecule has 0 bridgehead atoms. The highest BCUT2D eigenvalue weighted by Gasteiger charge is 2.21. The van der Waals surface area contributed by atoms with Gasteiger partial charge in [-0.05, 0) is 30.2 Å². The number of primary amides is 1. The van der Waals surface area contributed by atoms with Crippen molar-refractivity contribution < 1.29 is 29.4 Å². The lowest BCUT2D eigenvalue weighted by atomic mass is 10.2. The van der Waals surface area contributed by atoms with Crippen LogP contribution < -0.4 is 16.1 Å². The molecule has 0 spiro atoms. The van der Waals surface area contributed by atoms with E-state index in [1.54, 1.807) is 11.0 Å². The monoisotopic (exact) mass is 458 g/mol. The molecule has 1 aliphatic rings. The highest BCUT2D eigenvalue weighted by molar-refractivity contribution is 5.77. The van der Waals surface area contributed by atoms with Crippen LogP contribution in [0.1, 0.15) is 24.8 Å². The van der Waals surface area contributed by atoms with E-state index in [2.05, 4.69) is 15.1 Å². The van der Waals surface area contributed by atoms with E-state index in [-0.39, 0.29) is 25.4 Å². The van der Waals surface area contributed by atoms with Gasteiger partial charge in [0.05, 0.1) is 5.69 Å². The number of anilines is 2. The first kappa shape index (κ1) is 25.5. The van der Waals surface area contributed by atoms with E-state index in [1.807, 2.05) is 48.5 Å². The molecule has 2 aromatic carbocycles. The summed E-state index contributed by atoms with van der Waals surface area (Å²) in [5, 5.41) is 17.5. The van der Waals surface area contributed by atoms with Crippen molar-refractivity contribution in [3.63, 3.8) is 0 Å². The number of nitrogens with two attached hydrogens (primary N) is 1. The molecule has 0 radical (unpaired) electrons. The number of rotatable bonds is 8. The molecule has 1 aliphatic heterocycles. The third-order valence-electron chi connectivity index (χ3n) is 4.98. The second-order valence-corrected chi connectivity index (χ2v) is 7.37. The van der Waals surface area contributed by atoms with E-state index in [1.165, 1.54) is 0 Å². The molecule has 0 unspecified atom stereocenters. The Kier molecular flexibility index (Phi) is 10.5. The number of aliphatic carboxylic acids is 1. The minimum absolute atomic E-state index is 0.0201. The zero-order valence-electron chi connectivity index (χ0n) is 18.4. The summed E-state index contributed by atoms with van der Waals surface area (Å²) in [7, 11) is 0. The summed E-state index contributed by atoms with van der Waals surface area (Å²) in [6.45, 7) is 2.95. The van der Waals surface area contributed by atoms with Crippen LogP contribution in [0.2, 0.25) is 0 Å². The molecule has 2 aromatic rings. The molecule has 0 aromatic heterocycles. The van der Waals surface area contributed by atoms with E-state index in [4.69, 9.17) is 16.0 Å². The Morgan fingerprint density at radius 2 is 1.67 bits per heavy atom. The van der Waals surface area contributed by atoms with Crippen molar-refractivity contribution in [3.05, 3.63) is 60.2 Å². The Balaban J connectivity index is 0.000000294. The molecule has 1 fully saturated rings. The van der Waals surface area contributed by atoms with Crippen LogP contribution in [0.15, 0.2) is 54.6 Å². The number of carboxylic acids is 1. The summed E-state index contributed by atoms with van der Waals surface area (Å²) in [5.41, 5.74) is 9.47. The predicted octanol–water partition coefficient (Wildman–Crippen LogP) is 2.67. The minimum atomic E-state index is -0.866. The van der Waals surface area contributed by atoms with Gasteiger partial charge in [0.2, 0.25) is 5.91 Å². The van der Waals surface area contributed by atoms with Gasteiger partial charge in [-0.15, -0.1) is 0 Å². The molecule has 2 amide bonds. The van der Waals surface area contributed by atoms with Crippen LogP contribution in [0.4, 0.5) is 16.2 Å². The number of amides is 2. The standard InChI is InChI=1S/C15H21N3O4.C8H9NO2/c19-14(5-2-6-15(20)21)18-9-7-17(8-10-18)13-4-1-3-12(11-13)16-22;9-8(10)11-6-7-4-2-1-3-5-7/h1,3-4,11,16,22H,2,5-10H2,(H,20,21);1-5H,6H2,(H2,9,10). The number of carboxylic acid groups (broad SMARTS) is 1. The average Bonchev–Trinajstić information content (AvgIpc) is 2.83.